The van der Waals surface area contributed by atoms with Gasteiger partial charge in [0.15, 0.2) is 0 Å². The van der Waals surface area contributed by atoms with E-state index in [0.717, 1.165) is 19.3 Å². The Morgan fingerprint density at radius 3 is 1.62 bits per heavy atom. The van der Waals surface area contributed by atoms with Crippen LogP contribution in [0.1, 0.15) is 32.1 Å². The van der Waals surface area contributed by atoms with E-state index in [1.807, 2.05) is 19.6 Å². The van der Waals surface area contributed by atoms with Crippen LogP contribution >= 0.6 is 0 Å². The molecule has 10 nitrogen and oxygen atoms in total. The first-order valence-electron chi connectivity index (χ1n) is 10.7. The van der Waals surface area contributed by atoms with Crippen LogP contribution in [0.25, 0.3) is 0 Å². The number of nitrogens with one attached hydrogen (secondary N) is 2. The van der Waals surface area contributed by atoms with Crippen molar-refractivity contribution in [1.29, 1.82) is 0 Å². The van der Waals surface area contributed by atoms with E-state index in [0.29, 0.717) is 65.2 Å². The highest BCUT2D eigenvalue weighted by Gasteiger charge is 2.37. The standard InChI is InChI=1S/C19H30N6O4/c26-16(22-6-8-24-14(12-22)10-20-18(24)28)4-2-1-3-5-17(27)23-7-9-25-15(13-23)11-21-19(25)29/h14-15H,1-13H2,(H,20,28)(H,21,29). The van der Waals surface area contributed by atoms with E-state index in [4.69, 9.17) is 0 Å². The van der Waals surface area contributed by atoms with E-state index in [1.165, 1.54) is 0 Å². The van der Waals surface area contributed by atoms with Crippen molar-refractivity contribution in [2.45, 2.75) is 44.2 Å². The van der Waals surface area contributed by atoms with Crippen molar-refractivity contribution in [2.24, 2.45) is 0 Å². The molecular weight excluding hydrogens is 376 g/mol. The number of carbonyl (C=O) groups excluding carboxylic acids is 4. The average molecular weight is 406 g/mol. The van der Waals surface area contributed by atoms with Crippen molar-refractivity contribution in [1.82, 2.24) is 30.2 Å². The lowest BCUT2D eigenvalue weighted by molar-refractivity contribution is -0.133. The molecule has 4 saturated heterocycles. The van der Waals surface area contributed by atoms with Crippen molar-refractivity contribution in [3.63, 3.8) is 0 Å². The predicted octanol–water partition coefficient (Wildman–Crippen LogP) is -0.591. The number of hydrogen-bond donors (Lipinski definition) is 2. The van der Waals surface area contributed by atoms with Crippen molar-refractivity contribution in [2.75, 3.05) is 52.4 Å². The maximum Gasteiger partial charge on any atom is 0.317 e. The zero-order chi connectivity index (χ0) is 20.4. The van der Waals surface area contributed by atoms with Gasteiger partial charge in [-0.2, -0.15) is 0 Å². The molecule has 4 fully saturated rings. The van der Waals surface area contributed by atoms with Crippen LogP contribution in [0.2, 0.25) is 0 Å². The molecule has 160 valence electrons. The predicted molar refractivity (Wildman–Crippen MR) is 104 cm³/mol. The largest absolute Gasteiger partial charge is 0.339 e. The number of unbranched alkanes of at least 4 members (excludes halogenated alkanes) is 2. The second kappa shape index (κ2) is 8.46. The molecule has 0 aromatic heterocycles. The Labute approximate surface area is 170 Å². The fourth-order valence-corrected chi connectivity index (χ4v) is 4.71. The highest BCUT2D eigenvalue weighted by atomic mass is 16.2. The van der Waals surface area contributed by atoms with Gasteiger partial charge in [0.2, 0.25) is 11.8 Å². The minimum Gasteiger partial charge on any atom is -0.339 e. The van der Waals surface area contributed by atoms with Gasteiger partial charge in [-0.1, -0.05) is 6.42 Å². The van der Waals surface area contributed by atoms with Gasteiger partial charge in [0.05, 0.1) is 12.1 Å². The quantitative estimate of drug-likeness (QED) is 0.575. The topological polar surface area (TPSA) is 105 Å². The third kappa shape index (κ3) is 4.25. The number of amides is 6. The molecule has 4 heterocycles. The summed E-state index contributed by atoms with van der Waals surface area (Å²) in [4.78, 5) is 55.5. The molecule has 2 unspecified atom stereocenters. The Bertz CT molecular complexity index is 630. The number of fused-ring (bicyclic) bond motifs is 2. The van der Waals surface area contributed by atoms with Crippen LogP contribution in [0.5, 0.6) is 0 Å². The number of piperazine rings is 2. The summed E-state index contributed by atoms with van der Waals surface area (Å²) in [5.74, 6) is 0.287. The van der Waals surface area contributed by atoms with Crippen LogP contribution in [-0.2, 0) is 9.59 Å². The van der Waals surface area contributed by atoms with Crippen LogP contribution < -0.4 is 10.6 Å². The number of rotatable bonds is 6. The summed E-state index contributed by atoms with van der Waals surface area (Å²) in [5.41, 5.74) is 0. The molecule has 0 aliphatic carbocycles. The third-order valence-corrected chi connectivity index (χ3v) is 6.45. The van der Waals surface area contributed by atoms with Gasteiger partial charge in [0, 0.05) is 65.2 Å². The minimum atomic E-state index is -0.0241. The maximum atomic E-state index is 12.4. The summed E-state index contributed by atoms with van der Waals surface area (Å²) in [6.45, 7) is 4.87. The third-order valence-electron chi connectivity index (χ3n) is 6.45. The summed E-state index contributed by atoms with van der Waals surface area (Å²) in [7, 11) is 0. The van der Waals surface area contributed by atoms with E-state index >= 15 is 0 Å². The summed E-state index contributed by atoms with van der Waals surface area (Å²) >= 11 is 0. The van der Waals surface area contributed by atoms with Crippen LogP contribution in [0.3, 0.4) is 0 Å². The fraction of sp³-hybridized carbons (Fsp3) is 0.789. The second-order valence-electron chi connectivity index (χ2n) is 8.31. The number of urea groups is 2. The average Bonchev–Trinajstić information content (AvgIpc) is 3.29. The van der Waals surface area contributed by atoms with Crippen molar-refractivity contribution >= 4 is 23.9 Å². The monoisotopic (exact) mass is 406 g/mol. The Morgan fingerprint density at radius 1 is 0.724 bits per heavy atom. The summed E-state index contributed by atoms with van der Waals surface area (Å²) in [5, 5.41) is 5.65. The lowest BCUT2D eigenvalue weighted by atomic mass is 10.1. The SMILES string of the molecule is O=C(CCCCCC(=O)N1CCN2C(=O)NCC2C1)N1CCN2C(=O)NCC2C1. The van der Waals surface area contributed by atoms with Gasteiger partial charge in [-0.25, -0.2) is 9.59 Å². The van der Waals surface area contributed by atoms with Crippen molar-refractivity contribution in [3.05, 3.63) is 0 Å². The molecule has 29 heavy (non-hydrogen) atoms. The number of carbonyl (C=O) groups is 4. The molecule has 0 saturated carbocycles. The van der Waals surface area contributed by atoms with E-state index in [-0.39, 0.29) is 36.0 Å². The first-order valence-corrected chi connectivity index (χ1v) is 10.7. The molecule has 0 bridgehead atoms. The highest BCUT2D eigenvalue weighted by molar-refractivity contribution is 5.80. The fourth-order valence-electron chi connectivity index (χ4n) is 4.71. The molecular formula is C19H30N6O4. The zero-order valence-electron chi connectivity index (χ0n) is 16.8. The van der Waals surface area contributed by atoms with Crippen molar-refractivity contribution in [3.8, 4) is 0 Å². The molecule has 0 spiro atoms. The molecule has 6 amide bonds. The van der Waals surface area contributed by atoms with Crippen LogP contribution in [0, 0.1) is 0 Å². The molecule has 2 atom stereocenters. The molecule has 0 aromatic carbocycles. The van der Waals surface area contributed by atoms with Crippen LogP contribution in [-0.4, -0.2) is 108 Å². The van der Waals surface area contributed by atoms with Gasteiger partial charge in [-0.3, -0.25) is 9.59 Å². The molecule has 4 aliphatic rings. The number of nitrogens with zero attached hydrogens (tertiary/aromatic N) is 4. The van der Waals surface area contributed by atoms with Crippen LogP contribution in [0.15, 0.2) is 0 Å². The molecule has 4 rings (SSSR count). The van der Waals surface area contributed by atoms with Gasteiger partial charge in [0.25, 0.3) is 0 Å². The van der Waals surface area contributed by atoms with Gasteiger partial charge in [0.1, 0.15) is 0 Å². The van der Waals surface area contributed by atoms with Gasteiger partial charge in [-0.05, 0) is 12.8 Å². The summed E-state index contributed by atoms with van der Waals surface area (Å²) in [6, 6.07) is 0.153. The highest BCUT2D eigenvalue weighted by Crippen LogP contribution is 2.17. The van der Waals surface area contributed by atoms with Crippen molar-refractivity contribution < 1.29 is 19.2 Å². The molecule has 2 N–H and O–H groups in total. The zero-order valence-corrected chi connectivity index (χ0v) is 16.8. The normalized spacial score (nSPS) is 26.2. The Hall–Kier alpha value is -2.52. The van der Waals surface area contributed by atoms with E-state index in [2.05, 4.69) is 10.6 Å². The number of hydrogen-bond acceptors (Lipinski definition) is 4. The summed E-state index contributed by atoms with van der Waals surface area (Å²) in [6.07, 6.45) is 3.41. The second-order valence-corrected chi connectivity index (χ2v) is 8.31. The first kappa shape index (κ1) is 19.8. The molecule has 0 aromatic rings. The lowest BCUT2D eigenvalue weighted by Gasteiger charge is -2.36. The van der Waals surface area contributed by atoms with E-state index in [9.17, 15) is 19.2 Å². The molecule has 10 heteroatoms. The Morgan fingerprint density at radius 2 is 1.17 bits per heavy atom. The lowest BCUT2D eigenvalue weighted by Crippen LogP contribution is -2.53. The van der Waals surface area contributed by atoms with E-state index in [1.54, 1.807) is 0 Å². The molecule has 4 aliphatic heterocycles. The van der Waals surface area contributed by atoms with E-state index < -0.39 is 0 Å². The van der Waals surface area contributed by atoms with Gasteiger partial charge >= 0.3 is 12.1 Å². The minimum absolute atomic E-state index is 0.0241. The van der Waals surface area contributed by atoms with Crippen LogP contribution in [0.4, 0.5) is 9.59 Å². The maximum absolute atomic E-state index is 12.4. The smallest absolute Gasteiger partial charge is 0.317 e. The Balaban J connectivity index is 1.10. The summed E-state index contributed by atoms with van der Waals surface area (Å²) < 4.78 is 0. The first-order chi connectivity index (χ1) is 14.0. The Kier molecular flexibility index (Phi) is 5.77. The van der Waals surface area contributed by atoms with Gasteiger partial charge < -0.3 is 30.2 Å². The molecule has 0 radical (unpaired) electrons. The van der Waals surface area contributed by atoms with Gasteiger partial charge in [-0.15, -0.1) is 0 Å².